The molecule has 0 spiro atoms. The van der Waals surface area contributed by atoms with Gasteiger partial charge < -0.3 is 10.2 Å². The normalized spacial score (nSPS) is 18.5. The summed E-state index contributed by atoms with van der Waals surface area (Å²) in [6, 6.07) is 17.0. The van der Waals surface area contributed by atoms with Crippen molar-refractivity contribution in [1.82, 2.24) is 15.2 Å². The van der Waals surface area contributed by atoms with Crippen LogP contribution < -0.4 is 5.32 Å². The quantitative estimate of drug-likeness (QED) is 0.318. The predicted octanol–water partition coefficient (Wildman–Crippen LogP) is 6.85. The molecule has 1 fully saturated rings. The monoisotopic (exact) mass is 495 g/mol. The van der Waals surface area contributed by atoms with Gasteiger partial charge in [0, 0.05) is 49.9 Å². The highest BCUT2D eigenvalue weighted by molar-refractivity contribution is 7.21. The van der Waals surface area contributed by atoms with Crippen LogP contribution in [-0.2, 0) is 6.54 Å². The summed E-state index contributed by atoms with van der Waals surface area (Å²) >= 11 is 9.95. The molecular formula is C26H26ClN3OS2. The number of halogens is 1. The van der Waals surface area contributed by atoms with Crippen molar-refractivity contribution in [2.45, 2.75) is 44.3 Å². The Morgan fingerprint density at radius 2 is 1.91 bits per heavy atom. The second kappa shape index (κ2) is 9.94. The number of carbonyl (C=O) groups excluding carboxylic acids is 1. The third-order valence-electron chi connectivity index (χ3n) is 6.47. The minimum Gasteiger partial charge on any atom is -0.330 e. The number of aromatic nitrogens is 1. The van der Waals surface area contributed by atoms with Crippen molar-refractivity contribution in [3.8, 4) is 10.4 Å². The molecule has 0 aliphatic heterocycles. The Bertz CT molecular complexity index is 1240. The van der Waals surface area contributed by atoms with E-state index in [2.05, 4.69) is 33.4 Å². The average Bonchev–Trinajstić information content (AvgIpc) is 3.48. The molecule has 0 saturated heterocycles. The topological polar surface area (TPSA) is 45.2 Å². The SMILES string of the molecule is CNC1CCC(N(Cc2ccc(-c3cccnc3)s2)C(=O)c2sc3ccccc3c2Cl)CC1. The Balaban J connectivity index is 1.45. The van der Waals surface area contributed by atoms with Gasteiger partial charge in [-0.15, -0.1) is 22.7 Å². The fourth-order valence-electron chi connectivity index (χ4n) is 4.62. The molecule has 1 aliphatic carbocycles. The number of hydrogen-bond acceptors (Lipinski definition) is 5. The first-order valence-corrected chi connectivity index (χ1v) is 13.3. The molecule has 0 radical (unpaired) electrons. The van der Waals surface area contributed by atoms with E-state index in [0.29, 0.717) is 22.5 Å². The van der Waals surface area contributed by atoms with Crippen molar-refractivity contribution >= 4 is 50.3 Å². The number of fused-ring (bicyclic) bond motifs is 1. The van der Waals surface area contributed by atoms with Crippen LogP contribution in [0, 0.1) is 0 Å². The molecule has 4 nitrogen and oxygen atoms in total. The lowest BCUT2D eigenvalue weighted by atomic mass is 9.90. The molecule has 1 aromatic carbocycles. The van der Waals surface area contributed by atoms with Crippen LogP contribution in [-0.4, -0.2) is 34.9 Å². The van der Waals surface area contributed by atoms with Gasteiger partial charge in [-0.2, -0.15) is 0 Å². The molecule has 5 rings (SSSR count). The van der Waals surface area contributed by atoms with Gasteiger partial charge in [0.2, 0.25) is 0 Å². The van der Waals surface area contributed by atoms with Gasteiger partial charge in [0.05, 0.1) is 11.6 Å². The highest BCUT2D eigenvalue weighted by atomic mass is 35.5. The number of nitrogens with zero attached hydrogens (tertiary/aromatic N) is 2. The van der Waals surface area contributed by atoms with Gasteiger partial charge in [-0.05, 0) is 57.0 Å². The number of pyridine rings is 1. The Kier molecular flexibility index (Phi) is 6.79. The number of benzene rings is 1. The Hall–Kier alpha value is -2.25. The number of carbonyl (C=O) groups is 1. The standard InChI is InChI=1S/C26H26ClN3OS2/c1-28-18-8-10-19(11-9-18)30(16-20-12-13-22(32-20)17-5-4-14-29-15-17)26(31)25-24(27)21-6-2-3-7-23(21)33-25/h2-7,12-15,18-19,28H,8-11,16H2,1H3. The molecule has 4 aromatic rings. The van der Waals surface area contributed by atoms with Crippen LogP contribution >= 0.6 is 34.3 Å². The van der Waals surface area contributed by atoms with E-state index in [-0.39, 0.29) is 11.9 Å². The summed E-state index contributed by atoms with van der Waals surface area (Å²) in [5.74, 6) is 0.0467. The number of rotatable bonds is 6. The van der Waals surface area contributed by atoms with Gasteiger partial charge in [0.1, 0.15) is 4.88 Å². The Labute approximate surface area is 207 Å². The van der Waals surface area contributed by atoms with Crippen LogP contribution in [0.25, 0.3) is 20.5 Å². The Morgan fingerprint density at radius 3 is 2.64 bits per heavy atom. The molecule has 1 amide bonds. The molecule has 0 bridgehead atoms. The summed E-state index contributed by atoms with van der Waals surface area (Å²) in [6.07, 6.45) is 7.83. The summed E-state index contributed by atoms with van der Waals surface area (Å²) in [7, 11) is 2.02. The average molecular weight is 496 g/mol. The van der Waals surface area contributed by atoms with E-state index in [0.717, 1.165) is 41.3 Å². The highest BCUT2D eigenvalue weighted by Gasteiger charge is 2.31. The maximum Gasteiger partial charge on any atom is 0.266 e. The van der Waals surface area contributed by atoms with Crippen molar-refractivity contribution in [3.63, 3.8) is 0 Å². The number of amides is 1. The number of nitrogens with one attached hydrogen (secondary N) is 1. The molecule has 3 heterocycles. The zero-order valence-electron chi connectivity index (χ0n) is 18.5. The van der Waals surface area contributed by atoms with Crippen LogP contribution in [0.4, 0.5) is 0 Å². The molecule has 7 heteroatoms. The highest BCUT2D eigenvalue weighted by Crippen LogP contribution is 2.38. The zero-order chi connectivity index (χ0) is 22.8. The molecule has 170 valence electrons. The smallest absolute Gasteiger partial charge is 0.266 e. The summed E-state index contributed by atoms with van der Waals surface area (Å²) in [6.45, 7) is 0.600. The lowest BCUT2D eigenvalue weighted by Gasteiger charge is -2.36. The van der Waals surface area contributed by atoms with E-state index in [9.17, 15) is 4.79 Å². The fourth-order valence-corrected chi connectivity index (χ4v) is 7.08. The minimum absolute atomic E-state index is 0.0467. The first kappa shape index (κ1) is 22.5. The lowest BCUT2D eigenvalue weighted by molar-refractivity contribution is 0.0609. The van der Waals surface area contributed by atoms with Crippen molar-refractivity contribution in [3.05, 3.63) is 75.7 Å². The first-order chi connectivity index (χ1) is 16.1. The molecule has 1 N–H and O–H groups in total. The van der Waals surface area contributed by atoms with Gasteiger partial charge in [0.25, 0.3) is 5.91 Å². The van der Waals surface area contributed by atoms with Crippen molar-refractivity contribution in [1.29, 1.82) is 0 Å². The Morgan fingerprint density at radius 1 is 1.09 bits per heavy atom. The molecule has 33 heavy (non-hydrogen) atoms. The number of thiophene rings is 2. The second-order valence-electron chi connectivity index (χ2n) is 8.48. The summed E-state index contributed by atoms with van der Waals surface area (Å²) in [5.41, 5.74) is 1.11. The number of hydrogen-bond donors (Lipinski definition) is 1. The van der Waals surface area contributed by atoms with Crippen LogP contribution in [0.5, 0.6) is 0 Å². The van der Waals surface area contributed by atoms with E-state index < -0.39 is 0 Å². The van der Waals surface area contributed by atoms with Crippen LogP contribution in [0.2, 0.25) is 5.02 Å². The zero-order valence-corrected chi connectivity index (χ0v) is 20.8. The maximum atomic E-state index is 13.9. The summed E-state index contributed by atoms with van der Waals surface area (Å²) < 4.78 is 1.06. The first-order valence-electron chi connectivity index (χ1n) is 11.3. The molecule has 0 unspecified atom stereocenters. The summed E-state index contributed by atoms with van der Waals surface area (Å²) in [4.78, 5) is 23.2. The van der Waals surface area contributed by atoms with Gasteiger partial charge in [-0.25, -0.2) is 0 Å². The van der Waals surface area contributed by atoms with Gasteiger partial charge >= 0.3 is 0 Å². The van der Waals surface area contributed by atoms with Gasteiger partial charge in [-0.1, -0.05) is 35.9 Å². The third kappa shape index (κ3) is 4.71. The van der Waals surface area contributed by atoms with E-state index in [1.54, 1.807) is 17.5 Å². The van der Waals surface area contributed by atoms with Crippen LogP contribution in [0.1, 0.15) is 40.2 Å². The van der Waals surface area contributed by atoms with E-state index in [1.807, 2.05) is 43.6 Å². The van der Waals surface area contributed by atoms with E-state index in [4.69, 9.17) is 11.6 Å². The van der Waals surface area contributed by atoms with Crippen LogP contribution in [0.15, 0.2) is 60.9 Å². The lowest BCUT2D eigenvalue weighted by Crippen LogP contribution is -2.44. The maximum absolute atomic E-state index is 13.9. The molecule has 1 aliphatic rings. The van der Waals surface area contributed by atoms with E-state index >= 15 is 0 Å². The van der Waals surface area contributed by atoms with Crippen molar-refractivity contribution in [2.75, 3.05) is 7.05 Å². The van der Waals surface area contributed by atoms with E-state index in [1.165, 1.54) is 21.1 Å². The third-order valence-corrected chi connectivity index (χ3v) is 9.25. The fraction of sp³-hybridized carbons (Fsp3) is 0.308. The van der Waals surface area contributed by atoms with Gasteiger partial charge in [-0.3, -0.25) is 9.78 Å². The molecule has 3 aromatic heterocycles. The molecule has 1 saturated carbocycles. The summed E-state index contributed by atoms with van der Waals surface area (Å²) in [5, 5.41) is 4.94. The van der Waals surface area contributed by atoms with Crippen molar-refractivity contribution < 1.29 is 4.79 Å². The molecular weight excluding hydrogens is 470 g/mol. The van der Waals surface area contributed by atoms with Crippen LogP contribution in [0.3, 0.4) is 0 Å². The predicted molar refractivity (Wildman–Crippen MR) is 139 cm³/mol. The largest absolute Gasteiger partial charge is 0.330 e. The second-order valence-corrected chi connectivity index (χ2v) is 11.1. The van der Waals surface area contributed by atoms with Gasteiger partial charge in [0.15, 0.2) is 0 Å². The molecule has 0 atom stereocenters. The minimum atomic E-state index is 0.0467. The van der Waals surface area contributed by atoms with Crippen molar-refractivity contribution in [2.24, 2.45) is 0 Å².